The lowest BCUT2D eigenvalue weighted by atomic mass is 10.2. The van der Waals surface area contributed by atoms with E-state index in [1.54, 1.807) is 0 Å². The summed E-state index contributed by atoms with van der Waals surface area (Å²) >= 11 is 0. The molecule has 0 bridgehead atoms. The number of carbonyl (C=O) groups excluding carboxylic acids is 2. The summed E-state index contributed by atoms with van der Waals surface area (Å²) in [6, 6.07) is -0.832. The summed E-state index contributed by atoms with van der Waals surface area (Å²) < 4.78 is 5.07. The minimum absolute atomic E-state index is 0.294. The molecule has 1 unspecified atom stereocenters. The van der Waals surface area contributed by atoms with Gasteiger partial charge >= 0.3 is 11.9 Å². The molecule has 7 nitrogen and oxygen atoms in total. The van der Waals surface area contributed by atoms with Gasteiger partial charge in [0.05, 0.1) is 13.2 Å². The summed E-state index contributed by atoms with van der Waals surface area (Å²) in [5.41, 5.74) is 0. The van der Waals surface area contributed by atoms with Gasteiger partial charge in [-0.05, 0) is 6.92 Å². The Labute approximate surface area is 92.4 Å². The Morgan fingerprint density at radius 1 is 1.31 bits per heavy atom. The van der Waals surface area contributed by atoms with Crippen LogP contribution < -0.4 is 5.32 Å². The molecule has 0 spiro atoms. The zero-order valence-electron chi connectivity index (χ0n) is 8.93. The minimum Gasteiger partial charge on any atom is -0.474 e. The van der Waals surface area contributed by atoms with Crippen molar-refractivity contribution >= 4 is 17.8 Å². The highest BCUT2D eigenvalue weighted by atomic mass is 16.5. The number of hydrogen-bond donors (Lipinski definition) is 2. The number of morpholine rings is 1. The topological polar surface area (TPSA) is 95.9 Å². The molecule has 1 heterocycles. The standard InChI is InChI=1S/C9H14N2O5/c1-6(10-7(12)9(14)15)8(13)11-2-4-16-5-3-11/h6H,2-5H2,1H3,(H,10,12)(H,14,15). The van der Waals surface area contributed by atoms with Crippen LogP contribution in [0.2, 0.25) is 0 Å². The molecule has 1 rings (SSSR count). The maximum absolute atomic E-state index is 11.7. The van der Waals surface area contributed by atoms with Gasteiger partial charge < -0.3 is 20.1 Å². The van der Waals surface area contributed by atoms with Gasteiger partial charge in [0.15, 0.2) is 0 Å². The van der Waals surface area contributed by atoms with Crippen LogP contribution in [-0.2, 0) is 19.1 Å². The number of carbonyl (C=O) groups is 3. The van der Waals surface area contributed by atoms with Crippen molar-refractivity contribution in [3.05, 3.63) is 0 Å². The average Bonchev–Trinajstić information content (AvgIpc) is 2.28. The van der Waals surface area contributed by atoms with Gasteiger partial charge in [-0.15, -0.1) is 0 Å². The Balaban J connectivity index is 2.46. The molecule has 1 aliphatic heterocycles. The normalized spacial score (nSPS) is 17.7. The molecular weight excluding hydrogens is 216 g/mol. The number of ether oxygens (including phenoxy) is 1. The molecule has 0 aromatic carbocycles. The van der Waals surface area contributed by atoms with E-state index in [1.807, 2.05) is 0 Å². The molecule has 0 radical (unpaired) electrons. The van der Waals surface area contributed by atoms with E-state index in [9.17, 15) is 14.4 Å². The van der Waals surface area contributed by atoms with Gasteiger partial charge in [0.1, 0.15) is 6.04 Å². The summed E-state index contributed by atoms with van der Waals surface area (Å²) in [7, 11) is 0. The first kappa shape index (κ1) is 12.4. The smallest absolute Gasteiger partial charge is 0.394 e. The van der Waals surface area contributed by atoms with Gasteiger partial charge in [-0.2, -0.15) is 0 Å². The summed E-state index contributed by atoms with van der Waals surface area (Å²) in [6.07, 6.45) is 0. The van der Waals surface area contributed by atoms with Crippen LogP contribution in [0.25, 0.3) is 0 Å². The third kappa shape index (κ3) is 3.20. The van der Waals surface area contributed by atoms with E-state index in [4.69, 9.17) is 9.84 Å². The molecule has 1 saturated heterocycles. The van der Waals surface area contributed by atoms with Crippen LogP contribution >= 0.6 is 0 Å². The van der Waals surface area contributed by atoms with Crippen molar-refractivity contribution in [2.75, 3.05) is 26.3 Å². The van der Waals surface area contributed by atoms with Crippen molar-refractivity contribution in [2.24, 2.45) is 0 Å². The lowest BCUT2D eigenvalue weighted by Crippen LogP contribution is -2.51. The van der Waals surface area contributed by atoms with E-state index in [0.29, 0.717) is 26.3 Å². The van der Waals surface area contributed by atoms with Crippen molar-refractivity contribution < 1.29 is 24.2 Å². The van der Waals surface area contributed by atoms with E-state index in [-0.39, 0.29) is 5.91 Å². The fraction of sp³-hybridized carbons (Fsp3) is 0.667. The van der Waals surface area contributed by atoms with Crippen LogP contribution in [0.1, 0.15) is 6.92 Å². The molecule has 7 heteroatoms. The number of carboxylic acids is 1. The monoisotopic (exact) mass is 230 g/mol. The van der Waals surface area contributed by atoms with Gasteiger partial charge in [0, 0.05) is 13.1 Å². The van der Waals surface area contributed by atoms with Gasteiger partial charge in [-0.1, -0.05) is 0 Å². The Morgan fingerprint density at radius 2 is 1.88 bits per heavy atom. The highest BCUT2D eigenvalue weighted by molar-refractivity contribution is 6.31. The maximum Gasteiger partial charge on any atom is 0.394 e. The number of nitrogens with one attached hydrogen (secondary N) is 1. The number of amides is 2. The van der Waals surface area contributed by atoms with Crippen molar-refractivity contribution in [2.45, 2.75) is 13.0 Å². The molecule has 0 saturated carbocycles. The summed E-state index contributed by atoms with van der Waals surface area (Å²) in [5, 5.41) is 10.5. The largest absolute Gasteiger partial charge is 0.474 e. The number of nitrogens with zero attached hydrogens (tertiary/aromatic N) is 1. The second-order valence-electron chi connectivity index (χ2n) is 3.44. The maximum atomic E-state index is 11.7. The number of rotatable bonds is 2. The molecule has 0 aromatic rings. The van der Waals surface area contributed by atoms with Gasteiger partial charge in [-0.3, -0.25) is 9.59 Å². The second kappa shape index (κ2) is 5.45. The van der Waals surface area contributed by atoms with Crippen LogP contribution in [0.5, 0.6) is 0 Å². The lowest BCUT2D eigenvalue weighted by molar-refractivity contribution is -0.151. The predicted octanol–water partition coefficient (Wildman–Crippen LogP) is -1.57. The molecule has 2 N–H and O–H groups in total. The average molecular weight is 230 g/mol. The molecular formula is C9H14N2O5. The van der Waals surface area contributed by atoms with E-state index in [2.05, 4.69) is 5.32 Å². The minimum atomic E-state index is -1.60. The van der Waals surface area contributed by atoms with Gasteiger partial charge in [-0.25, -0.2) is 4.79 Å². The summed E-state index contributed by atoms with van der Waals surface area (Å²) in [5.74, 6) is -3.06. The van der Waals surface area contributed by atoms with Gasteiger partial charge in [0.25, 0.3) is 0 Å². The Kier molecular flexibility index (Phi) is 4.24. The zero-order chi connectivity index (χ0) is 12.1. The summed E-state index contributed by atoms with van der Waals surface area (Å²) in [6.45, 7) is 3.31. The van der Waals surface area contributed by atoms with Crippen molar-refractivity contribution in [1.29, 1.82) is 0 Å². The third-order valence-electron chi connectivity index (χ3n) is 2.24. The number of aliphatic carboxylic acids is 1. The first-order valence-electron chi connectivity index (χ1n) is 4.92. The molecule has 2 amide bonds. The molecule has 0 aliphatic carbocycles. The number of hydrogen-bond acceptors (Lipinski definition) is 4. The van der Waals surface area contributed by atoms with Crippen LogP contribution in [0.3, 0.4) is 0 Å². The Morgan fingerprint density at radius 3 is 2.38 bits per heavy atom. The first-order valence-corrected chi connectivity index (χ1v) is 4.92. The quantitative estimate of drug-likeness (QED) is 0.559. The lowest BCUT2D eigenvalue weighted by Gasteiger charge is -2.29. The van der Waals surface area contributed by atoms with Crippen molar-refractivity contribution in [3.8, 4) is 0 Å². The molecule has 90 valence electrons. The van der Waals surface area contributed by atoms with Gasteiger partial charge in [0.2, 0.25) is 5.91 Å². The molecule has 0 aromatic heterocycles. The number of carboxylic acid groups (broad SMARTS) is 1. The van der Waals surface area contributed by atoms with Crippen LogP contribution in [0.4, 0.5) is 0 Å². The van der Waals surface area contributed by atoms with E-state index in [1.165, 1.54) is 11.8 Å². The fourth-order valence-electron chi connectivity index (χ4n) is 1.38. The Hall–Kier alpha value is -1.63. The highest BCUT2D eigenvalue weighted by Gasteiger charge is 2.25. The van der Waals surface area contributed by atoms with E-state index >= 15 is 0 Å². The first-order chi connectivity index (χ1) is 7.52. The van der Waals surface area contributed by atoms with E-state index in [0.717, 1.165) is 0 Å². The second-order valence-corrected chi connectivity index (χ2v) is 3.44. The molecule has 16 heavy (non-hydrogen) atoms. The predicted molar refractivity (Wildman–Crippen MR) is 52.6 cm³/mol. The zero-order valence-corrected chi connectivity index (χ0v) is 8.93. The third-order valence-corrected chi connectivity index (χ3v) is 2.24. The fourth-order valence-corrected chi connectivity index (χ4v) is 1.38. The van der Waals surface area contributed by atoms with Crippen LogP contribution in [-0.4, -0.2) is 60.1 Å². The molecule has 1 atom stereocenters. The molecule has 1 aliphatic rings. The van der Waals surface area contributed by atoms with Crippen molar-refractivity contribution in [3.63, 3.8) is 0 Å². The van der Waals surface area contributed by atoms with Crippen LogP contribution in [0, 0.1) is 0 Å². The van der Waals surface area contributed by atoms with Crippen LogP contribution in [0.15, 0.2) is 0 Å². The SMILES string of the molecule is CC(NC(=O)C(=O)O)C(=O)N1CCOCC1. The summed E-state index contributed by atoms with van der Waals surface area (Å²) in [4.78, 5) is 34.4. The Bertz CT molecular complexity index is 298. The van der Waals surface area contributed by atoms with Crippen molar-refractivity contribution in [1.82, 2.24) is 10.2 Å². The molecule has 1 fully saturated rings. The van der Waals surface area contributed by atoms with E-state index < -0.39 is 17.9 Å². The highest BCUT2D eigenvalue weighted by Crippen LogP contribution is 2.00.